The van der Waals surface area contributed by atoms with E-state index in [9.17, 15) is 5.11 Å². The molecular formula is C12H15NO3. The standard InChI is InChI=1S/C12H15NO3/c13-12(2-1-3-12)8-6-10-11(7-9(8)14)16-5-4-15-10/h6-7,14H,1-5,13H2. The summed E-state index contributed by atoms with van der Waals surface area (Å²) in [6.07, 6.45) is 2.95. The number of hydrogen-bond acceptors (Lipinski definition) is 4. The Bertz CT molecular complexity index is 427. The van der Waals surface area contributed by atoms with Crippen molar-refractivity contribution in [3.8, 4) is 17.2 Å². The lowest BCUT2D eigenvalue weighted by atomic mass is 9.72. The second-order valence-electron chi connectivity index (χ2n) is 4.52. The smallest absolute Gasteiger partial charge is 0.165 e. The monoisotopic (exact) mass is 221 g/mol. The van der Waals surface area contributed by atoms with E-state index in [1.54, 1.807) is 6.07 Å². The van der Waals surface area contributed by atoms with Crippen LogP contribution in [0, 0.1) is 0 Å². The van der Waals surface area contributed by atoms with E-state index in [-0.39, 0.29) is 11.3 Å². The van der Waals surface area contributed by atoms with E-state index in [1.807, 2.05) is 6.07 Å². The van der Waals surface area contributed by atoms with Crippen molar-refractivity contribution in [1.29, 1.82) is 0 Å². The van der Waals surface area contributed by atoms with E-state index in [0.717, 1.165) is 24.8 Å². The molecule has 3 N–H and O–H groups in total. The Morgan fingerprint density at radius 3 is 2.31 bits per heavy atom. The maximum absolute atomic E-state index is 9.95. The third-order valence-corrected chi connectivity index (χ3v) is 3.44. The third kappa shape index (κ3) is 1.33. The van der Waals surface area contributed by atoms with Gasteiger partial charge in [-0.1, -0.05) is 0 Å². The molecule has 4 nitrogen and oxygen atoms in total. The first-order chi connectivity index (χ1) is 7.69. The highest BCUT2D eigenvalue weighted by Crippen LogP contribution is 2.46. The Labute approximate surface area is 94.0 Å². The molecule has 0 spiro atoms. The summed E-state index contributed by atoms with van der Waals surface area (Å²) in [4.78, 5) is 0. The second kappa shape index (κ2) is 3.28. The molecule has 2 aliphatic rings. The van der Waals surface area contributed by atoms with Crippen molar-refractivity contribution in [1.82, 2.24) is 0 Å². The van der Waals surface area contributed by atoms with Crippen molar-refractivity contribution in [2.45, 2.75) is 24.8 Å². The molecule has 4 heteroatoms. The van der Waals surface area contributed by atoms with Gasteiger partial charge in [0.05, 0.1) is 0 Å². The fourth-order valence-corrected chi connectivity index (χ4v) is 2.30. The zero-order valence-electron chi connectivity index (χ0n) is 9.03. The molecule has 1 saturated carbocycles. The average Bonchev–Trinajstić information content (AvgIpc) is 2.25. The molecule has 86 valence electrons. The van der Waals surface area contributed by atoms with Gasteiger partial charge in [0, 0.05) is 17.2 Å². The van der Waals surface area contributed by atoms with Crippen LogP contribution in [-0.2, 0) is 5.54 Å². The summed E-state index contributed by atoms with van der Waals surface area (Å²) < 4.78 is 10.9. The van der Waals surface area contributed by atoms with Gasteiger partial charge in [0.15, 0.2) is 11.5 Å². The van der Waals surface area contributed by atoms with Gasteiger partial charge < -0.3 is 20.3 Å². The van der Waals surface area contributed by atoms with Crippen molar-refractivity contribution in [3.05, 3.63) is 17.7 Å². The van der Waals surface area contributed by atoms with Crippen LogP contribution in [0.2, 0.25) is 0 Å². The summed E-state index contributed by atoms with van der Waals surface area (Å²) in [5, 5.41) is 9.95. The van der Waals surface area contributed by atoms with Crippen LogP contribution >= 0.6 is 0 Å². The summed E-state index contributed by atoms with van der Waals surface area (Å²) >= 11 is 0. The maximum Gasteiger partial charge on any atom is 0.165 e. The predicted molar refractivity (Wildman–Crippen MR) is 58.8 cm³/mol. The molecule has 3 rings (SSSR count). The van der Waals surface area contributed by atoms with Crippen molar-refractivity contribution in [2.24, 2.45) is 5.73 Å². The Balaban J connectivity index is 2.05. The first kappa shape index (κ1) is 9.78. The van der Waals surface area contributed by atoms with Crippen LogP contribution < -0.4 is 15.2 Å². The number of fused-ring (bicyclic) bond motifs is 1. The number of hydrogen-bond donors (Lipinski definition) is 2. The van der Waals surface area contributed by atoms with Gasteiger partial charge in [-0.3, -0.25) is 0 Å². The molecule has 0 aromatic heterocycles. The SMILES string of the molecule is NC1(c2cc3c(cc2O)OCCO3)CCC1. The molecule has 0 atom stereocenters. The number of nitrogens with two attached hydrogens (primary N) is 1. The number of phenolic OH excluding ortho intramolecular Hbond substituents is 1. The summed E-state index contributed by atoms with van der Waals surface area (Å²) in [6.45, 7) is 1.08. The molecule has 0 bridgehead atoms. The number of benzene rings is 1. The largest absolute Gasteiger partial charge is 0.507 e. The molecule has 0 amide bonds. The molecule has 0 saturated heterocycles. The summed E-state index contributed by atoms with van der Waals surface area (Å²) in [7, 11) is 0. The van der Waals surface area contributed by atoms with E-state index in [1.165, 1.54) is 0 Å². The molecule has 1 fully saturated rings. The van der Waals surface area contributed by atoms with Crippen LogP contribution in [0.25, 0.3) is 0 Å². The molecule has 0 radical (unpaired) electrons. The molecule has 1 aromatic carbocycles. The summed E-state index contributed by atoms with van der Waals surface area (Å²) in [6, 6.07) is 3.43. The second-order valence-corrected chi connectivity index (χ2v) is 4.52. The highest BCUT2D eigenvalue weighted by molar-refractivity contribution is 5.53. The van der Waals surface area contributed by atoms with Crippen LogP contribution in [-0.4, -0.2) is 18.3 Å². The number of phenols is 1. The zero-order valence-corrected chi connectivity index (χ0v) is 9.03. The van der Waals surface area contributed by atoms with Crippen molar-refractivity contribution < 1.29 is 14.6 Å². The molecule has 1 aliphatic carbocycles. The van der Waals surface area contributed by atoms with Crippen molar-refractivity contribution in [2.75, 3.05) is 13.2 Å². The van der Waals surface area contributed by atoms with E-state index >= 15 is 0 Å². The molecule has 16 heavy (non-hydrogen) atoms. The van der Waals surface area contributed by atoms with Gasteiger partial charge in [-0.2, -0.15) is 0 Å². The van der Waals surface area contributed by atoms with Gasteiger partial charge in [-0.25, -0.2) is 0 Å². The Hall–Kier alpha value is -1.42. The lowest BCUT2D eigenvalue weighted by Gasteiger charge is -2.39. The molecule has 0 unspecified atom stereocenters. The Morgan fingerprint density at radius 2 is 1.75 bits per heavy atom. The highest BCUT2D eigenvalue weighted by Gasteiger charge is 2.37. The van der Waals surface area contributed by atoms with Crippen LogP contribution in [0.1, 0.15) is 24.8 Å². The van der Waals surface area contributed by atoms with Crippen LogP contribution in [0.5, 0.6) is 17.2 Å². The van der Waals surface area contributed by atoms with E-state index in [2.05, 4.69) is 0 Å². The maximum atomic E-state index is 9.95. The number of ether oxygens (including phenoxy) is 2. The predicted octanol–water partition coefficient (Wildman–Crippen LogP) is 1.50. The minimum Gasteiger partial charge on any atom is -0.507 e. The number of rotatable bonds is 1. The van der Waals surface area contributed by atoms with Crippen LogP contribution in [0.3, 0.4) is 0 Å². The molecule has 1 aromatic rings. The van der Waals surface area contributed by atoms with Gasteiger partial charge in [0.2, 0.25) is 0 Å². The first-order valence-electron chi connectivity index (χ1n) is 5.61. The van der Waals surface area contributed by atoms with E-state index in [4.69, 9.17) is 15.2 Å². The fourth-order valence-electron chi connectivity index (χ4n) is 2.30. The zero-order chi connectivity index (χ0) is 11.2. The Morgan fingerprint density at radius 1 is 1.12 bits per heavy atom. The lowest BCUT2D eigenvalue weighted by Crippen LogP contribution is -2.43. The number of aromatic hydroxyl groups is 1. The van der Waals surface area contributed by atoms with Gasteiger partial charge in [0.1, 0.15) is 19.0 Å². The third-order valence-electron chi connectivity index (χ3n) is 3.44. The fraction of sp³-hybridized carbons (Fsp3) is 0.500. The normalized spacial score (nSPS) is 21.3. The quantitative estimate of drug-likeness (QED) is 0.754. The van der Waals surface area contributed by atoms with Crippen LogP contribution in [0.4, 0.5) is 0 Å². The van der Waals surface area contributed by atoms with Crippen molar-refractivity contribution in [3.63, 3.8) is 0 Å². The highest BCUT2D eigenvalue weighted by atomic mass is 16.6. The van der Waals surface area contributed by atoms with Gasteiger partial charge in [-0.05, 0) is 25.3 Å². The first-order valence-corrected chi connectivity index (χ1v) is 5.61. The average molecular weight is 221 g/mol. The topological polar surface area (TPSA) is 64.7 Å². The molecule has 1 heterocycles. The van der Waals surface area contributed by atoms with Gasteiger partial charge >= 0.3 is 0 Å². The van der Waals surface area contributed by atoms with Gasteiger partial charge in [0.25, 0.3) is 0 Å². The minimum atomic E-state index is -0.375. The lowest BCUT2D eigenvalue weighted by molar-refractivity contribution is 0.168. The minimum absolute atomic E-state index is 0.214. The summed E-state index contributed by atoms with van der Waals surface area (Å²) in [5.74, 6) is 1.51. The van der Waals surface area contributed by atoms with Crippen molar-refractivity contribution >= 4 is 0 Å². The summed E-state index contributed by atoms with van der Waals surface area (Å²) in [5.41, 5.74) is 6.61. The molecular weight excluding hydrogens is 206 g/mol. The van der Waals surface area contributed by atoms with E-state index < -0.39 is 0 Å². The Kier molecular flexibility index (Phi) is 2.01. The van der Waals surface area contributed by atoms with Crippen LogP contribution in [0.15, 0.2) is 12.1 Å². The van der Waals surface area contributed by atoms with Gasteiger partial charge in [-0.15, -0.1) is 0 Å². The van der Waals surface area contributed by atoms with E-state index in [0.29, 0.717) is 24.7 Å². The molecule has 1 aliphatic heterocycles.